The van der Waals surface area contributed by atoms with E-state index in [9.17, 15) is 10.1 Å². The van der Waals surface area contributed by atoms with Gasteiger partial charge in [0, 0.05) is 35.0 Å². The van der Waals surface area contributed by atoms with Crippen molar-refractivity contribution in [1.82, 2.24) is 9.78 Å². The summed E-state index contributed by atoms with van der Waals surface area (Å²) in [6.07, 6.45) is 2.64. The molecule has 1 atom stereocenters. The van der Waals surface area contributed by atoms with E-state index in [1.54, 1.807) is 16.8 Å². The second-order valence-corrected chi connectivity index (χ2v) is 5.33. The average molecular weight is 297 g/mol. The molecular formula is C15H15N5O2. The molecular weight excluding hydrogens is 282 g/mol. The molecule has 0 spiro atoms. The molecule has 1 unspecified atom stereocenters. The van der Waals surface area contributed by atoms with E-state index in [0.29, 0.717) is 11.3 Å². The van der Waals surface area contributed by atoms with Crippen molar-refractivity contribution in [2.24, 2.45) is 5.73 Å². The molecule has 22 heavy (non-hydrogen) atoms. The summed E-state index contributed by atoms with van der Waals surface area (Å²) >= 11 is 0. The molecule has 0 amide bonds. The fraction of sp³-hybridized carbons (Fsp3) is 0.333. The quantitative estimate of drug-likeness (QED) is 0.690. The van der Waals surface area contributed by atoms with Crippen molar-refractivity contribution in [2.45, 2.75) is 31.8 Å². The Hall–Kier alpha value is -2.72. The van der Waals surface area contributed by atoms with Crippen LogP contribution in [0.1, 0.15) is 30.1 Å². The molecule has 1 aliphatic rings. The number of hydrogen-bond donors (Lipinski definition) is 1. The van der Waals surface area contributed by atoms with Crippen molar-refractivity contribution in [3.8, 4) is 17.3 Å². The number of benzene rings is 1. The minimum atomic E-state index is -0.428. The van der Waals surface area contributed by atoms with Crippen LogP contribution in [0.25, 0.3) is 11.3 Å². The van der Waals surface area contributed by atoms with E-state index >= 15 is 0 Å². The zero-order valence-corrected chi connectivity index (χ0v) is 11.9. The maximum atomic E-state index is 11.0. The molecule has 0 saturated carbocycles. The van der Waals surface area contributed by atoms with Crippen LogP contribution in [0.3, 0.4) is 0 Å². The highest BCUT2D eigenvalue weighted by Gasteiger charge is 2.27. The lowest BCUT2D eigenvalue weighted by molar-refractivity contribution is -0.384. The minimum Gasteiger partial charge on any atom is -0.324 e. The van der Waals surface area contributed by atoms with Gasteiger partial charge in [0.1, 0.15) is 6.54 Å². The number of hydrogen-bond acceptors (Lipinski definition) is 5. The number of fused-ring (bicyclic) bond motifs is 1. The van der Waals surface area contributed by atoms with E-state index in [1.807, 2.05) is 0 Å². The Kier molecular flexibility index (Phi) is 3.61. The van der Waals surface area contributed by atoms with Gasteiger partial charge in [-0.05, 0) is 19.3 Å². The van der Waals surface area contributed by atoms with Gasteiger partial charge in [0.2, 0.25) is 0 Å². The van der Waals surface area contributed by atoms with Crippen molar-refractivity contribution in [2.75, 3.05) is 0 Å². The molecule has 7 heteroatoms. The third-order valence-corrected chi connectivity index (χ3v) is 3.95. The molecule has 3 rings (SSSR count). The van der Waals surface area contributed by atoms with Gasteiger partial charge in [-0.15, -0.1) is 0 Å². The van der Waals surface area contributed by atoms with Crippen molar-refractivity contribution in [1.29, 1.82) is 5.26 Å². The summed E-state index contributed by atoms with van der Waals surface area (Å²) in [7, 11) is 0. The van der Waals surface area contributed by atoms with Crippen molar-refractivity contribution >= 4 is 5.69 Å². The first kappa shape index (κ1) is 14.2. The van der Waals surface area contributed by atoms with Crippen LogP contribution >= 0.6 is 0 Å². The van der Waals surface area contributed by atoms with Gasteiger partial charge in [0.25, 0.3) is 5.69 Å². The fourth-order valence-electron chi connectivity index (χ4n) is 2.98. The number of nitriles is 1. The van der Waals surface area contributed by atoms with Gasteiger partial charge in [0.15, 0.2) is 0 Å². The number of nitrogens with zero attached hydrogens (tertiary/aromatic N) is 4. The van der Waals surface area contributed by atoms with Crippen LogP contribution < -0.4 is 5.73 Å². The molecule has 112 valence electrons. The molecule has 2 N–H and O–H groups in total. The van der Waals surface area contributed by atoms with E-state index in [-0.39, 0.29) is 18.3 Å². The molecule has 0 radical (unpaired) electrons. The fourth-order valence-corrected chi connectivity index (χ4v) is 2.98. The topological polar surface area (TPSA) is 111 Å². The Morgan fingerprint density at radius 1 is 1.55 bits per heavy atom. The second kappa shape index (κ2) is 5.58. The van der Waals surface area contributed by atoms with Gasteiger partial charge in [-0.25, -0.2) is 0 Å². The Morgan fingerprint density at radius 2 is 2.36 bits per heavy atom. The second-order valence-electron chi connectivity index (χ2n) is 5.33. The Balaban J connectivity index is 2.17. The van der Waals surface area contributed by atoms with E-state index in [2.05, 4.69) is 11.2 Å². The zero-order chi connectivity index (χ0) is 15.7. The van der Waals surface area contributed by atoms with Crippen LogP contribution in [0.2, 0.25) is 0 Å². The first-order chi connectivity index (χ1) is 10.6. The molecule has 0 aliphatic heterocycles. The number of rotatable bonds is 3. The summed E-state index contributed by atoms with van der Waals surface area (Å²) < 4.78 is 1.67. The van der Waals surface area contributed by atoms with Gasteiger partial charge in [0.05, 0.1) is 16.7 Å². The van der Waals surface area contributed by atoms with Crippen LogP contribution in [0.4, 0.5) is 5.69 Å². The molecule has 1 heterocycles. The molecule has 7 nitrogen and oxygen atoms in total. The standard InChI is InChI=1S/C15H15N5O2/c16-7-8-19-13-6-2-5-12(17)14(13)15(18-19)10-3-1-4-11(9-10)20(21)22/h1,3-4,9,12H,2,5-6,8,17H2. The highest BCUT2D eigenvalue weighted by Crippen LogP contribution is 2.36. The zero-order valence-electron chi connectivity index (χ0n) is 11.9. The van der Waals surface area contributed by atoms with Crippen LogP contribution in [-0.4, -0.2) is 14.7 Å². The number of nitro benzene ring substituents is 1. The normalized spacial score (nSPS) is 16.8. The number of non-ortho nitro benzene ring substituents is 1. The van der Waals surface area contributed by atoms with Crippen LogP contribution in [0, 0.1) is 21.4 Å². The first-order valence-electron chi connectivity index (χ1n) is 7.08. The van der Waals surface area contributed by atoms with Crippen LogP contribution in [0.15, 0.2) is 24.3 Å². The third-order valence-electron chi connectivity index (χ3n) is 3.95. The van der Waals surface area contributed by atoms with Crippen molar-refractivity contribution < 1.29 is 4.92 Å². The predicted octanol–water partition coefficient (Wildman–Crippen LogP) is 2.32. The summed E-state index contributed by atoms with van der Waals surface area (Å²) in [5, 5.41) is 24.4. The van der Waals surface area contributed by atoms with Crippen molar-refractivity contribution in [3.63, 3.8) is 0 Å². The Morgan fingerprint density at radius 3 is 3.09 bits per heavy atom. The van der Waals surface area contributed by atoms with E-state index < -0.39 is 4.92 Å². The predicted molar refractivity (Wildman–Crippen MR) is 79.8 cm³/mol. The van der Waals surface area contributed by atoms with E-state index in [4.69, 9.17) is 11.0 Å². The summed E-state index contributed by atoms with van der Waals surface area (Å²) in [5.74, 6) is 0. The Labute approximate surface area is 127 Å². The van der Waals surface area contributed by atoms with E-state index in [0.717, 1.165) is 30.5 Å². The van der Waals surface area contributed by atoms with Crippen LogP contribution in [-0.2, 0) is 13.0 Å². The SMILES string of the molecule is N#CCn1nc(-c2cccc([N+](=O)[O-])c2)c2c1CCCC2N. The van der Waals surface area contributed by atoms with Gasteiger partial charge in [-0.3, -0.25) is 14.8 Å². The summed E-state index contributed by atoms with van der Waals surface area (Å²) in [6.45, 7) is 0.157. The van der Waals surface area contributed by atoms with Gasteiger partial charge >= 0.3 is 0 Å². The molecule has 0 fully saturated rings. The van der Waals surface area contributed by atoms with Gasteiger partial charge in [-0.1, -0.05) is 12.1 Å². The highest BCUT2D eigenvalue weighted by molar-refractivity contribution is 5.67. The van der Waals surface area contributed by atoms with Crippen LogP contribution in [0.5, 0.6) is 0 Å². The first-order valence-corrected chi connectivity index (χ1v) is 7.08. The number of nitro groups is 1. The maximum Gasteiger partial charge on any atom is 0.270 e. The molecule has 1 aromatic carbocycles. The molecule has 0 saturated heterocycles. The van der Waals surface area contributed by atoms with Crippen molar-refractivity contribution in [3.05, 3.63) is 45.6 Å². The average Bonchev–Trinajstić information content (AvgIpc) is 2.88. The molecule has 1 aromatic heterocycles. The lowest BCUT2D eigenvalue weighted by Gasteiger charge is -2.20. The monoisotopic (exact) mass is 297 g/mol. The highest BCUT2D eigenvalue weighted by atomic mass is 16.6. The third kappa shape index (κ3) is 2.34. The summed E-state index contributed by atoms with van der Waals surface area (Å²) in [4.78, 5) is 10.5. The molecule has 1 aliphatic carbocycles. The minimum absolute atomic E-state index is 0.0189. The Bertz CT molecular complexity index is 775. The maximum absolute atomic E-state index is 11.0. The summed E-state index contributed by atoms with van der Waals surface area (Å²) in [6, 6.07) is 8.32. The lowest BCUT2D eigenvalue weighted by atomic mass is 9.89. The lowest BCUT2D eigenvalue weighted by Crippen LogP contribution is -2.18. The van der Waals surface area contributed by atoms with Gasteiger partial charge in [-0.2, -0.15) is 10.4 Å². The molecule has 0 bridgehead atoms. The van der Waals surface area contributed by atoms with E-state index in [1.165, 1.54) is 12.1 Å². The number of aromatic nitrogens is 2. The summed E-state index contributed by atoms with van der Waals surface area (Å²) in [5.41, 5.74) is 9.45. The smallest absolute Gasteiger partial charge is 0.270 e. The number of nitrogens with two attached hydrogens (primary N) is 1. The van der Waals surface area contributed by atoms with Gasteiger partial charge < -0.3 is 5.73 Å². The molecule has 2 aromatic rings. The largest absolute Gasteiger partial charge is 0.324 e.